The largest absolute Gasteiger partial charge is 0.377 e. The highest BCUT2D eigenvalue weighted by molar-refractivity contribution is 5.86. The quantitative estimate of drug-likeness (QED) is 0.433. The lowest BCUT2D eigenvalue weighted by Crippen LogP contribution is -2.26. The summed E-state index contributed by atoms with van der Waals surface area (Å²) >= 11 is 0. The highest BCUT2D eigenvalue weighted by atomic mass is 16.5. The average molecular weight is 273 g/mol. The monoisotopic (exact) mass is 273 g/mol. The molecule has 0 aromatic carbocycles. The fraction of sp³-hybridized carbons (Fsp3) is 0.786. The Kier molecular flexibility index (Phi) is 10.4. The molecule has 0 saturated heterocycles. The van der Waals surface area contributed by atoms with Crippen LogP contribution in [0.5, 0.6) is 0 Å². The summed E-state index contributed by atoms with van der Waals surface area (Å²) in [6.07, 6.45) is 2.22. The van der Waals surface area contributed by atoms with Crippen LogP contribution in [0.3, 0.4) is 0 Å². The minimum Gasteiger partial charge on any atom is -0.377 e. The van der Waals surface area contributed by atoms with Crippen molar-refractivity contribution in [1.82, 2.24) is 5.32 Å². The lowest BCUT2D eigenvalue weighted by atomic mass is 10.1. The lowest BCUT2D eigenvalue weighted by molar-refractivity contribution is -0.116. The third-order valence-electron chi connectivity index (χ3n) is 2.67. The molecule has 0 aromatic rings. The van der Waals surface area contributed by atoms with Gasteiger partial charge in [-0.05, 0) is 26.3 Å². The molecule has 0 fully saturated rings. The van der Waals surface area contributed by atoms with E-state index < -0.39 is 0 Å². The van der Waals surface area contributed by atoms with Crippen LogP contribution in [0.25, 0.3) is 0 Å². The fourth-order valence-corrected chi connectivity index (χ4v) is 1.12. The summed E-state index contributed by atoms with van der Waals surface area (Å²) in [5.74, 6) is -0.185. The minimum atomic E-state index is -0.185. The van der Waals surface area contributed by atoms with E-state index in [-0.39, 0.29) is 11.5 Å². The zero-order valence-electron chi connectivity index (χ0n) is 12.4. The van der Waals surface area contributed by atoms with Gasteiger partial charge in [-0.15, -0.1) is 0 Å². The van der Waals surface area contributed by atoms with E-state index in [1.807, 2.05) is 0 Å². The minimum absolute atomic E-state index is 0.0801. The van der Waals surface area contributed by atoms with Gasteiger partial charge in [-0.1, -0.05) is 13.5 Å². The molecule has 0 aliphatic carbocycles. The normalized spacial score (nSPS) is 11.3. The first-order valence-electron chi connectivity index (χ1n) is 6.71. The molecule has 5 nitrogen and oxygen atoms in total. The molecule has 0 spiro atoms. The first-order chi connectivity index (χ1) is 9.02. The first kappa shape index (κ1) is 18.1. The number of nitrogens with one attached hydrogen (secondary N) is 1. The zero-order chi connectivity index (χ0) is 14.6. The number of hydrogen-bond acceptors (Lipinski definition) is 4. The molecule has 0 aliphatic rings. The van der Waals surface area contributed by atoms with Crippen molar-refractivity contribution in [2.24, 2.45) is 0 Å². The van der Waals surface area contributed by atoms with Gasteiger partial charge in [-0.25, -0.2) is 0 Å². The Morgan fingerprint density at radius 3 is 2.32 bits per heavy atom. The molecule has 112 valence electrons. The predicted molar refractivity (Wildman–Crippen MR) is 75.2 cm³/mol. The molecule has 1 amide bonds. The van der Waals surface area contributed by atoms with Crippen LogP contribution in [-0.4, -0.2) is 51.1 Å². The van der Waals surface area contributed by atoms with Gasteiger partial charge in [0.25, 0.3) is 0 Å². The number of rotatable bonds is 12. The maximum Gasteiger partial charge on any atom is 0.243 e. The van der Waals surface area contributed by atoms with Gasteiger partial charge in [0.15, 0.2) is 0 Å². The van der Waals surface area contributed by atoms with E-state index in [4.69, 9.17) is 14.2 Å². The first-order valence-corrected chi connectivity index (χ1v) is 6.71. The van der Waals surface area contributed by atoms with Gasteiger partial charge < -0.3 is 19.5 Å². The van der Waals surface area contributed by atoms with Crippen molar-refractivity contribution in [3.8, 4) is 0 Å². The summed E-state index contributed by atoms with van der Waals surface area (Å²) in [7, 11) is 0. The highest BCUT2D eigenvalue weighted by Gasteiger charge is 2.14. The lowest BCUT2D eigenvalue weighted by Gasteiger charge is -2.23. The topological polar surface area (TPSA) is 56.8 Å². The molecule has 19 heavy (non-hydrogen) atoms. The van der Waals surface area contributed by atoms with Crippen LogP contribution in [0.1, 0.15) is 27.2 Å². The molecule has 5 heteroatoms. The van der Waals surface area contributed by atoms with E-state index in [1.165, 1.54) is 6.08 Å². The fourth-order valence-electron chi connectivity index (χ4n) is 1.12. The molecular weight excluding hydrogens is 246 g/mol. The van der Waals surface area contributed by atoms with E-state index >= 15 is 0 Å². The van der Waals surface area contributed by atoms with Crippen LogP contribution < -0.4 is 5.32 Å². The molecule has 0 rings (SSSR count). The van der Waals surface area contributed by atoms with Crippen LogP contribution in [0.4, 0.5) is 0 Å². The van der Waals surface area contributed by atoms with Crippen molar-refractivity contribution in [1.29, 1.82) is 0 Å². The number of hydrogen-bond donors (Lipinski definition) is 1. The molecule has 0 unspecified atom stereocenters. The van der Waals surface area contributed by atoms with E-state index in [0.717, 1.165) is 6.42 Å². The van der Waals surface area contributed by atoms with Gasteiger partial charge >= 0.3 is 0 Å². The Morgan fingerprint density at radius 2 is 1.74 bits per heavy atom. The number of carbonyl (C=O) groups excluding carboxylic acids is 1. The molecule has 0 aliphatic heterocycles. The summed E-state index contributed by atoms with van der Waals surface area (Å²) < 4.78 is 16.3. The zero-order valence-corrected chi connectivity index (χ0v) is 12.4. The molecule has 0 atom stereocenters. The van der Waals surface area contributed by atoms with E-state index in [9.17, 15) is 4.79 Å². The van der Waals surface area contributed by atoms with E-state index in [0.29, 0.717) is 39.6 Å². The van der Waals surface area contributed by atoms with Gasteiger partial charge in [0.05, 0.1) is 38.6 Å². The molecule has 0 aromatic heterocycles. The smallest absolute Gasteiger partial charge is 0.243 e. The van der Waals surface area contributed by atoms with E-state index in [1.54, 1.807) is 0 Å². The van der Waals surface area contributed by atoms with Crippen molar-refractivity contribution < 1.29 is 19.0 Å². The molecular formula is C14H27NO4. The second kappa shape index (κ2) is 11.0. The molecule has 1 N–H and O–H groups in total. The number of amides is 1. The maximum atomic E-state index is 10.8. The SMILES string of the molecule is C=CC(=O)NCCOCCOCCOC(C)(C)CC. The van der Waals surface area contributed by atoms with Crippen molar-refractivity contribution in [3.05, 3.63) is 12.7 Å². The van der Waals surface area contributed by atoms with Crippen LogP contribution >= 0.6 is 0 Å². The Hall–Kier alpha value is -0.910. The number of ether oxygens (including phenoxy) is 3. The molecule has 0 saturated carbocycles. The Labute approximate surface area is 116 Å². The van der Waals surface area contributed by atoms with Gasteiger partial charge in [0.1, 0.15) is 0 Å². The summed E-state index contributed by atoms with van der Waals surface area (Å²) in [4.78, 5) is 10.8. The van der Waals surface area contributed by atoms with Gasteiger partial charge in [-0.3, -0.25) is 4.79 Å². The summed E-state index contributed by atoms with van der Waals surface area (Å²) in [5.41, 5.74) is -0.0801. The summed E-state index contributed by atoms with van der Waals surface area (Å²) in [6, 6.07) is 0. The van der Waals surface area contributed by atoms with Crippen LogP contribution in [0.15, 0.2) is 12.7 Å². The van der Waals surface area contributed by atoms with Crippen molar-refractivity contribution in [2.75, 3.05) is 39.6 Å². The van der Waals surface area contributed by atoms with Gasteiger partial charge in [0, 0.05) is 6.54 Å². The summed E-state index contributed by atoms with van der Waals surface area (Å²) in [5, 5.41) is 2.62. The average Bonchev–Trinajstić information content (AvgIpc) is 2.40. The van der Waals surface area contributed by atoms with Crippen LogP contribution in [0, 0.1) is 0 Å². The molecule has 0 bridgehead atoms. The second-order valence-corrected chi connectivity index (χ2v) is 4.68. The predicted octanol–water partition coefficient (Wildman–Crippen LogP) is 1.53. The number of carbonyl (C=O) groups is 1. The standard InChI is InChI=1S/C14H27NO4/c1-5-13(16)15-7-8-17-9-10-18-11-12-19-14(3,4)6-2/h5H,1,6-12H2,2-4H3,(H,15,16). The Bertz CT molecular complexity index is 254. The van der Waals surface area contributed by atoms with Crippen LogP contribution in [0.2, 0.25) is 0 Å². The molecule has 0 radical (unpaired) electrons. The summed E-state index contributed by atoms with van der Waals surface area (Å²) in [6.45, 7) is 12.7. The van der Waals surface area contributed by atoms with E-state index in [2.05, 4.69) is 32.7 Å². The third kappa shape index (κ3) is 11.9. The molecule has 0 heterocycles. The van der Waals surface area contributed by atoms with Crippen molar-refractivity contribution in [2.45, 2.75) is 32.8 Å². The van der Waals surface area contributed by atoms with Gasteiger partial charge in [0.2, 0.25) is 5.91 Å². The van der Waals surface area contributed by atoms with Crippen molar-refractivity contribution >= 4 is 5.91 Å². The maximum absolute atomic E-state index is 10.8. The second-order valence-electron chi connectivity index (χ2n) is 4.68. The van der Waals surface area contributed by atoms with Gasteiger partial charge in [-0.2, -0.15) is 0 Å². The Morgan fingerprint density at radius 1 is 1.16 bits per heavy atom. The van der Waals surface area contributed by atoms with Crippen molar-refractivity contribution in [3.63, 3.8) is 0 Å². The third-order valence-corrected chi connectivity index (χ3v) is 2.67. The van der Waals surface area contributed by atoms with Crippen LogP contribution in [-0.2, 0) is 19.0 Å². The highest BCUT2D eigenvalue weighted by Crippen LogP contribution is 2.12. The Balaban J connectivity index is 3.19.